The van der Waals surface area contributed by atoms with E-state index in [0.29, 0.717) is 50.1 Å². The van der Waals surface area contributed by atoms with E-state index in [-0.39, 0.29) is 11.6 Å². The van der Waals surface area contributed by atoms with E-state index >= 15 is 0 Å². The molecule has 0 bridgehead atoms. The van der Waals surface area contributed by atoms with E-state index in [0.717, 1.165) is 37.8 Å². The summed E-state index contributed by atoms with van der Waals surface area (Å²) in [6.45, 7) is 8.03. The lowest BCUT2D eigenvalue weighted by Gasteiger charge is -2.37. The van der Waals surface area contributed by atoms with E-state index in [9.17, 15) is 9.59 Å². The number of rotatable bonds is 7. The molecule has 1 aliphatic heterocycles. The quantitative estimate of drug-likeness (QED) is 0.531. The molecule has 2 heterocycles. The Labute approximate surface area is 213 Å². The first-order valence-corrected chi connectivity index (χ1v) is 13.1. The van der Waals surface area contributed by atoms with E-state index in [1.807, 2.05) is 23.1 Å². The second kappa shape index (κ2) is 11.1. The lowest BCUT2D eigenvalue weighted by atomic mass is 9.91. The van der Waals surface area contributed by atoms with E-state index in [1.165, 1.54) is 5.56 Å². The van der Waals surface area contributed by atoms with E-state index in [2.05, 4.69) is 29.4 Å². The number of carbonyl (C=O) groups excluding carboxylic acids is 1. The molecule has 2 aliphatic rings. The molecule has 5 N–H and O–H groups in total. The maximum atomic E-state index is 12.8. The summed E-state index contributed by atoms with van der Waals surface area (Å²) >= 11 is 0. The zero-order valence-corrected chi connectivity index (χ0v) is 21.8. The molecule has 1 aliphatic carbocycles. The second-order valence-electron chi connectivity index (χ2n) is 11.0. The van der Waals surface area contributed by atoms with Gasteiger partial charge in [0, 0.05) is 50.5 Å². The second-order valence-corrected chi connectivity index (χ2v) is 11.0. The third-order valence-electron chi connectivity index (χ3n) is 7.28. The van der Waals surface area contributed by atoms with Crippen molar-refractivity contribution < 1.29 is 4.79 Å². The van der Waals surface area contributed by atoms with Crippen molar-refractivity contribution in [2.24, 2.45) is 11.5 Å². The van der Waals surface area contributed by atoms with Crippen molar-refractivity contribution in [2.45, 2.75) is 76.5 Å². The van der Waals surface area contributed by atoms with Crippen LogP contribution in [0.2, 0.25) is 0 Å². The van der Waals surface area contributed by atoms with Crippen LogP contribution in [0.1, 0.15) is 52.0 Å². The molecule has 9 heteroatoms. The molecule has 0 spiro atoms. The number of aromatic nitrogens is 2. The summed E-state index contributed by atoms with van der Waals surface area (Å²) < 4.78 is 1.57. The number of nitrogens with zero attached hydrogens (tertiary/aromatic N) is 4. The maximum Gasteiger partial charge on any atom is 0.354 e. The SMILES string of the molecule is CC(Cc1ccc(-n2ccc(N3CCN(C(=O)C(C)(C)N)CC3)nc2=O)cc1)NC1CCC(N)CC1. The minimum atomic E-state index is -0.880. The summed E-state index contributed by atoms with van der Waals surface area (Å²) in [6, 6.07) is 11.3. The zero-order chi connectivity index (χ0) is 25.9. The van der Waals surface area contributed by atoms with E-state index in [1.54, 1.807) is 29.5 Å². The largest absolute Gasteiger partial charge is 0.354 e. The molecule has 36 heavy (non-hydrogen) atoms. The lowest BCUT2D eigenvalue weighted by Crippen LogP contribution is -2.57. The smallest absolute Gasteiger partial charge is 0.353 e. The molecule has 1 saturated carbocycles. The van der Waals surface area contributed by atoms with Gasteiger partial charge in [-0.15, -0.1) is 0 Å². The van der Waals surface area contributed by atoms with Crippen LogP contribution in [-0.4, -0.2) is 70.2 Å². The molecular formula is C27H41N7O2. The molecular weight excluding hydrogens is 454 g/mol. The highest BCUT2D eigenvalue weighted by Crippen LogP contribution is 2.19. The molecule has 1 unspecified atom stereocenters. The minimum Gasteiger partial charge on any atom is -0.353 e. The van der Waals surface area contributed by atoms with Crippen molar-refractivity contribution in [3.8, 4) is 5.69 Å². The Morgan fingerprint density at radius 1 is 1.08 bits per heavy atom. The Kier molecular flexibility index (Phi) is 8.12. The summed E-state index contributed by atoms with van der Waals surface area (Å²) in [7, 11) is 0. The van der Waals surface area contributed by atoms with Crippen LogP contribution in [0, 0.1) is 0 Å². The standard InChI is InChI=1S/C27H41N7O2/c1-19(30-22-8-6-21(28)7-9-22)18-20-4-10-23(11-5-20)34-13-12-24(31-26(34)36)32-14-16-33(17-15-32)25(35)27(2,3)29/h4-5,10-13,19,21-22,30H,6-9,14-18,28-29H2,1-3H3. The Morgan fingerprint density at radius 3 is 2.31 bits per heavy atom. The fourth-order valence-electron chi connectivity index (χ4n) is 5.21. The summed E-state index contributed by atoms with van der Waals surface area (Å²) in [5.74, 6) is 0.577. The molecule has 1 saturated heterocycles. The Hall–Kier alpha value is -2.75. The van der Waals surface area contributed by atoms with Crippen molar-refractivity contribution in [1.29, 1.82) is 0 Å². The number of nitrogens with one attached hydrogen (secondary N) is 1. The number of carbonyl (C=O) groups is 1. The van der Waals surface area contributed by atoms with Gasteiger partial charge in [-0.3, -0.25) is 9.36 Å². The van der Waals surface area contributed by atoms with Gasteiger partial charge in [-0.25, -0.2) is 4.79 Å². The zero-order valence-electron chi connectivity index (χ0n) is 21.8. The van der Waals surface area contributed by atoms with Crippen LogP contribution in [0.3, 0.4) is 0 Å². The van der Waals surface area contributed by atoms with Crippen LogP contribution in [0.15, 0.2) is 41.3 Å². The Bertz CT molecular complexity index is 1080. The van der Waals surface area contributed by atoms with Crippen molar-refractivity contribution in [1.82, 2.24) is 19.8 Å². The van der Waals surface area contributed by atoms with Crippen molar-refractivity contribution in [2.75, 3.05) is 31.1 Å². The van der Waals surface area contributed by atoms with Crippen LogP contribution in [-0.2, 0) is 11.2 Å². The van der Waals surface area contributed by atoms with Gasteiger partial charge in [0.1, 0.15) is 5.82 Å². The first-order chi connectivity index (χ1) is 17.1. The summed E-state index contributed by atoms with van der Waals surface area (Å²) in [6.07, 6.45) is 7.21. The Balaban J connectivity index is 1.33. The van der Waals surface area contributed by atoms with E-state index in [4.69, 9.17) is 11.5 Å². The molecule has 9 nitrogen and oxygen atoms in total. The lowest BCUT2D eigenvalue weighted by molar-refractivity contribution is -0.136. The number of anilines is 1. The fraction of sp³-hybridized carbons (Fsp3) is 0.593. The van der Waals surface area contributed by atoms with Crippen molar-refractivity contribution in [3.05, 3.63) is 52.6 Å². The summed E-state index contributed by atoms with van der Waals surface area (Å²) in [4.78, 5) is 33.4. The topological polar surface area (TPSA) is 123 Å². The van der Waals surface area contributed by atoms with Crippen LogP contribution in [0.25, 0.3) is 5.69 Å². The number of hydrogen-bond acceptors (Lipinski definition) is 7. The van der Waals surface area contributed by atoms with Gasteiger partial charge in [-0.2, -0.15) is 4.98 Å². The molecule has 196 valence electrons. The molecule has 2 aromatic rings. The molecule has 1 aromatic carbocycles. The molecule has 4 rings (SSSR count). The fourth-order valence-corrected chi connectivity index (χ4v) is 5.21. The van der Waals surface area contributed by atoms with Crippen LogP contribution in [0.4, 0.5) is 5.82 Å². The first kappa shape index (κ1) is 26.3. The molecule has 1 atom stereocenters. The number of benzene rings is 1. The highest BCUT2D eigenvalue weighted by atomic mass is 16.2. The van der Waals surface area contributed by atoms with E-state index < -0.39 is 5.54 Å². The van der Waals surface area contributed by atoms with Gasteiger partial charge >= 0.3 is 5.69 Å². The number of hydrogen-bond donors (Lipinski definition) is 3. The van der Waals surface area contributed by atoms with Gasteiger partial charge in [0.15, 0.2) is 0 Å². The normalized spacial score (nSPS) is 21.9. The van der Waals surface area contributed by atoms with Gasteiger partial charge in [-0.05, 0) is 76.6 Å². The average molecular weight is 496 g/mol. The van der Waals surface area contributed by atoms with Crippen LogP contribution >= 0.6 is 0 Å². The van der Waals surface area contributed by atoms with Gasteiger partial charge in [-0.1, -0.05) is 12.1 Å². The monoisotopic (exact) mass is 495 g/mol. The third-order valence-corrected chi connectivity index (χ3v) is 7.28. The molecule has 0 radical (unpaired) electrons. The number of nitrogens with two attached hydrogens (primary N) is 2. The average Bonchev–Trinajstić information content (AvgIpc) is 2.85. The van der Waals surface area contributed by atoms with Crippen molar-refractivity contribution in [3.63, 3.8) is 0 Å². The molecule has 1 amide bonds. The summed E-state index contributed by atoms with van der Waals surface area (Å²) in [5, 5.41) is 3.74. The minimum absolute atomic E-state index is 0.0575. The highest BCUT2D eigenvalue weighted by molar-refractivity contribution is 5.85. The molecule has 1 aromatic heterocycles. The highest BCUT2D eigenvalue weighted by Gasteiger charge is 2.30. The summed E-state index contributed by atoms with van der Waals surface area (Å²) in [5.41, 5.74) is 12.8. The Morgan fingerprint density at radius 2 is 1.72 bits per heavy atom. The van der Waals surface area contributed by atoms with Crippen LogP contribution < -0.4 is 27.4 Å². The van der Waals surface area contributed by atoms with Gasteiger partial charge < -0.3 is 26.6 Å². The first-order valence-electron chi connectivity index (χ1n) is 13.1. The van der Waals surface area contributed by atoms with Gasteiger partial charge in [0.05, 0.1) is 11.2 Å². The van der Waals surface area contributed by atoms with Gasteiger partial charge in [0.2, 0.25) is 5.91 Å². The predicted octanol–water partition coefficient (Wildman–Crippen LogP) is 1.41. The van der Waals surface area contributed by atoms with Crippen LogP contribution in [0.5, 0.6) is 0 Å². The number of piperazine rings is 1. The third kappa shape index (κ3) is 6.52. The van der Waals surface area contributed by atoms with Crippen molar-refractivity contribution >= 4 is 11.7 Å². The maximum absolute atomic E-state index is 12.8. The van der Waals surface area contributed by atoms with Gasteiger partial charge in [0.25, 0.3) is 0 Å². The predicted molar refractivity (Wildman–Crippen MR) is 143 cm³/mol. The molecule has 2 fully saturated rings. The number of amides is 1.